The Balaban J connectivity index is 1.83. The van der Waals surface area contributed by atoms with Crippen LogP contribution in [0.4, 0.5) is 0 Å². The fraction of sp³-hybridized carbons (Fsp3) is 0. The van der Waals surface area contributed by atoms with E-state index in [0.29, 0.717) is 5.46 Å². The molecule has 2 N–H and O–H groups in total. The van der Waals surface area contributed by atoms with E-state index >= 15 is 0 Å². The van der Waals surface area contributed by atoms with E-state index in [-0.39, 0.29) is 0 Å². The molecular weight excluding hydrogens is 291 g/mol. The molecule has 1 heterocycles. The standard InChI is InChI=1S/C18H13BO2S/c20-19(21)14-8-5-12(6-9-14)13-7-10-16-15-3-1-2-4-17(15)22-18(16)11-13/h1-11,20-21H. The second kappa shape index (κ2) is 5.25. The first-order chi connectivity index (χ1) is 10.7. The van der Waals surface area contributed by atoms with Crippen LogP contribution in [0.15, 0.2) is 66.7 Å². The third kappa shape index (κ3) is 2.22. The van der Waals surface area contributed by atoms with Crippen LogP contribution < -0.4 is 5.46 Å². The summed E-state index contributed by atoms with van der Waals surface area (Å²) < 4.78 is 2.57. The number of hydrogen-bond donors (Lipinski definition) is 2. The van der Waals surface area contributed by atoms with Crippen LogP contribution in [0.25, 0.3) is 31.3 Å². The highest BCUT2D eigenvalue weighted by atomic mass is 32.1. The molecule has 3 aromatic carbocycles. The lowest BCUT2D eigenvalue weighted by molar-refractivity contribution is 0.426. The molecule has 0 fully saturated rings. The zero-order valence-electron chi connectivity index (χ0n) is 11.7. The lowest BCUT2D eigenvalue weighted by Gasteiger charge is -2.04. The van der Waals surface area contributed by atoms with E-state index in [2.05, 4.69) is 42.5 Å². The Kier molecular flexibility index (Phi) is 3.23. The molecule has 22 heavy (non-hydrogen) atoms. The monoisotopic (exact) mass is 304 g/mol. The van der Waals surface area contributed by atoms with Crippen molar-refractivity contribution in [1.82, 2.24) is 0 Å². The average molecular weight is 304 g/mol. The van der Waals surface area contributed by atoms with Gasteiger partial charge >= 0.3 is 7.12 Å². The Morgan fingerprint density at radius 3 is 2.14 bits per heavy atom. The van der Waals surface area contributed by atoms with E-state index in [1.807, 2.05) is 12.1 Å². The summed E-state index contributed by atoms with van der Waals surface area (Å²) >= 11 is 1.80. The summed E-state index contributed by atoms with van der Waals surface area (Å²) in [6, 6.07) is 22.3. The Morgan fingerprint density at radius 1 is 0.682 bits per heavy atom. The van der Waals surface area contributed by atoms with Crippen LogP contribution in [0.5, 0.6) is 0 Å². The summed E-state index contributed by atoms with van der Waals surface area (Å²) in [5.41, 5.74) is 2.72. The van der Waals surface area contributed by atoms with Gasteiger partial charge in [0.15, 0.2) is 0 Å². The molecule has 0 aliphatic rings. The van der Waals surface area contributed by atoms with Gasteiger partial charge in [-0.3, -0.25) is 0 Å². The third-order valence-electron chi connectivity index (χ3n) is 3.92. The van der Waals surface area contributed by atoms with E-state index in [1.165, 1.54) is 20.2 Å². The summed E-state index contributed by atoms with van der Waals surface area (Å²) in [4.78, 5) is 0. The molecule has 0 radical (unpaired) electrons. The summed E-state index contributed by atoms with van der Waals surface area (Å²) in [5, 5.41) is 20.9. The van der Waals surface area contributed by atoms with Crippen LogP contribution in [-0.2, 0) is 0 Å². The van der Waals surface area contributed by atoms with Crippen molar-refractivity contribution in [3.63, 3.8) is 0 Å². The smallest absolute Gasteiger partial charge is 0.423 e. The average Bonchev–Trinajstić information content (AvgIpc) is 2.92. The molecule has 1 aromatic heterocycles. The van der Waals surface area contributed by atoms with Gasteiger partial charge in [-0.1, -0.05) is 54.6 Å². The molecule has 4 aromatic rings. The number of benzene rings is 3. The number of thiophene rings is 1. The Bertz CT molecular complexity index is 958. The van der Waals surface area contributed by atoms with Crippen molar-refractivity contribution in [2.75, 3.05) is 0 Å². The molecule has 2 nitrogen and oxygen atoms in total. The fourth-order valence-corrected chi connectivity index (χ4v) is 3.90. The minimum Gasteiger partial charge on any atom is -0.423 e. The molecule has 0 aliphatic heterocycles. The number of fused-ring (bicyclic) bond motifs is 3. The maximum absolute atomic E-state index is 9.16. The lowest BCUT2D eigenvalue weighted by atomic mass is 9.80. The van der Waals surface area contributed by atoms with E-state index in [0.717, 1.165) is 11.1 Å². The van der Waals surface area contributed by atoms with Gasteiger partial charge < -0.3 is 10.0 Å². The fourth-order valence-electron chi connectivity index (χ4n) is 2.75. The van der Waals surface area contributed by atoms with Gasteiger partial charge in [0, 0.05) is 20.2 Å². The minimum atomic E-state index is -1.42. The zero-order valence-corrected chi connectivity index (χ0v) is 12.5. The summed E-state index contributed by atoms with van der Waals surface area (Å²) in [6.07, 6.45) is 0. The molecule has 0 bridgehead atoms. The van der Waals surface area contributed by atoms with Gasteiger partial charge in [0.2, 0.25) is 0 Å². The number of rotatable bonds is 2. The van der Waals surface area contributed by atoms with Gasteiger partial charge in [-0.25, -0.2) is 0 Å². The predicted molar refractivity (Wildman–Crippen MR) is 94.6 cm³/mol. The highest BCUT2D eigenvalue weighted by Crippen LogP contribution is 2.35. The second-order valence-electron chi connectivity index (χ2n) is 5.30. The van der Waals surface area contributed by atoms with Crippen molar-refractivity contribution in [2.45, 2.75) is 0 Å². The maximum Gasteiger partial charge on any atom is 0.488 e. The molecule has 0 atom stereocenters. The SMILES string of the molecule is OB(O)c1ccc(-c2ccc3c(c2)sc2ccccc23)cc1. The minimum absolute atomic E-state index is 0.506. The Morgan fingerprint density at radius 2 is 1.36 bits per heavy atom. The van der Waals surface area contributed by atoms with Crippen LogP contribution in [0, 0.1) is 0 Å². The first kappa shape index (κ1) is 13.5. The zero-order chi connectivity index (χ0) is 15.1. The molecule has 0 spiro atoms. The van der Waals surface area contributed by atoms with E-state index in [1.54, 1.807) is 23.5 Å². The number of hydrogen-bond acceptors (Lipinski definition) is 3. The second-order valence-corrected chi connectivity index (χ2v) is 6.39. The van der Waals surface area contributed by atoms with E-state index in [9.17, 15) is 0 Å². The van der Waals surface area contributed by atoms with Crippen LogP contribution in [0.2, 0.25) is 0 Å². The van der Waals surface area contributed by atoms with Gasteiger partial charge in [0.25, 0.3) is 0 Å². The molecule has 0 aliphatic carbocycles. The third-order valence-corrected chi connectivity index (χ3v) is 5.05. The van der Waals surface area contributed by atoms with E-state index in [4.69, 9.17) is 10.0 Å². The van der Waals surface area contributed by atoms with E-state index < -0.39 is 7.12 Å². The molecule has 0 amide bonds. The predicted octanol–water partition coefficient (Wildman–Crippen LogP) is 3.40. The Hall–Kier alpha value is -2.14. The molecule has 0 saturated heterocycles. The van der Waals surface area contributed by atoms with Gasteiger partial charge in [0.1, 0.15) is 0 Å². The highest BCUT2D eigenvalue weighted by Gasteiger charge is 2.11. The quantitative estimate of drug-likeness (QED) is 0.557. The lowest BCUT2D eigenvalue weighted by Crippen LogP contribution is -2.29. The summed E-state index contributed by atoms with van der Waals surface area (Å²) in [5.74, 6) is 0. The van der Waals surface area contributed by atoms with Gasteiger partial charge in [-0.2, -0.15) is 0 Å². The van der Waals surface area contributed by atoms with Gasteiger partial charge in [0.05, 0.1) is 0 Å². The molecule has 0 unspecified atom stereocenters. The van der Waals surface area contributed by atoms with Gasteiger partial charge in [-0.05, 0) is 28.7 Å². The molecule has 106 valence electrons. The normalized spacial score (nSPS) is 11.2. The van der Waals surface area contributed by atoms with Crippen molar-refractivity contribution in [2.24, 2.45) is 0 Å². The molecule has 4 heteroatoms. The summed E-state index contributed by atoms with van der Waals surface area (Å²) in [6.45, 7) is 0. The summed E-state index contributed by atoms with van der Waals surface area (Å²) in [7, 11) is -1.42. The molecular formula is C18H13BO2S. The molecule has 0 saturated carbocycles. The Labute approximate surface area is 132 Å². The largest absolute Gasteiger partial charge is 0.488 e. The van der Waals surface area contributed by atoms with Gasteiger partial charge in [-0.15, -0.1) is 11.3 Å². The van der Waals surface area contributed by atoms with Crippen molar-refractivity contribution in [1.29, 1.82) is 0 Å². The van der Waals surface area contributed by atoms with Crippen molar-refractivity contribution < 1.29 is 10.0 Å². The van der Waals surface area contributed by atoms with Crippen LogP contribution in [0.1, 0.15) is 0 Å². The van der Waals surface area contributed by atoms with Crippen LogP contribution in [-0.4, -0.2) is 17.2 Å². The first-order valence-corrected chi connectivity index (χ1v) is 7.92. The highest BCUT2D eigenvalue weighted by molar-refractivity contribution is 7.25. The van der Waals surface area contributed by atoms with Crippen molar-refractivity contribution in [3.05, 3.63) is 66.7 Å². The first-order valence-electron chi connectivity index (χ1n) is 7.10. The van der Waals surface area contributed by atoms with Crippen molar-refractivity contribution >= 4 is 44.1 Å². The molecule has 4 rings (SSSR count). The van der Waals surface area contributed by atoms with Crippen LogP contribution >= 0.6 is 11.3 Å². The van der Waals surface area contributed by atoms with Crippen LogP contribution in [0.3, 0.4) is 0 Å². The topological polar surface area (TPSA) is 40.5 Å². The maximum atomic E-state index is 9.16. The van der Waals surface area contributed by atoms with Crippen molar-refractivity contribution in [3.8, 4) is 11.1 Å².